The Hall–Kier alpha value is -1.09. The first kappa shape index (κ1) is 15.0. The number of anilines is 1. The molecule has 18 heavy (non-hydrogen) atoms. The molecule has 0 aliphatic rings. The van der Waals surface area contributed by atoms with Crippen LogP contribution in [0.3, 0.4) is 0 Å². The SMILES string of the molecule is CCCNCc1cc(CC)nc(NC(C)(C)C)c1. The number of hydrogen-bond acceptors (Lipinski definition) is 3. The second-order valence-electron chi connectivity index (χ2n) is 5.76. The number of aryl methyl sites for hydroxylation is 1. The Labute approximate surface area is 111 Å². The van der Waals surface area contributed by atoms with E-state index in [4.69, 9.17) is 0 Å². The van der Waals surface area contributed by atoms with Gasteiger partial charge in [0.25, 0.3) is 0 Å². The molecule has 0 bridgehead atoms. The van der Waals surface area contributed by atoms with Gasteiger partial charge in [0, 0.05) is 17.8 Å². The van der Waals surface area contributed by atoms with Gasteiger partial charge < -0.3 is 10.6 Å². The molecule has 0 fully saturated rings. The lowest BCUT2D eigenvalue weighted by atomic mass is 10.1. The van der Waals surface area contributed by atoms with E-state index in [1.807, 2.05) is 0 Å². The fourth-order valence-electron chi connectivity index (χ4n) is 1.79. The Bertz CT molecular complexity index is 366. The van der Waals surface area contributed by atoms with Crippen molar-refractivity contribution >= 4 is 5.82 Å². The molecular weight excluding hydrogens is 222 g/mol. The molecule has 0 aliphatic carbocycles. The monoisotopic (exact) mass is 249 g/mol. The van der Waals surface area contributed by atoms with E-state index >= 15 is 0 Å². The summed E-state index contributed by atoms with van der Waals surface area (Å²) in [6.45, 7) is 12.8. The van der Waals surface area contributed by atoms with Gasteiger partial charge in [-0.25, -0.2) is 4.98 Å². The first-order valence-corrected chi connectivity index (χ1v) is 6.93. The van der Waals surface area contributed by atoms with Crippen LogP contribution in [-0.4, -0.2) is 17.1 Å². The van der Waals surface area contributed by atoms with Crippen LogP contribution in [0, 0.1) is 0 Å². The van der Waals surface area contributed by atoms with Gasteiger partial charge in [-0.15, -0.1) is 0 Å². The van der Waals surface area contributed by atoms with Gasteiger partial charge in [0.2, 0.25) is 0 Å². The zero-order chi connectivity index (χ0) is 13.6. The highest BCUT2D eigenvalue weighted by atomic mass is 15.0. The topological polar surface area (TPSA) is 37.0 Å². The van der Waals surface area contributed by atoms with Crippen molar-refractivity contribution in [3.05, 3.63) is 23.4 Å². The van der Waals surface area contributed by atoms with Crippen LogP contribution in [-0.2, 0) is 13.0 Å². The van der Waals surface area contributed by atoms with Crippen molar-refractivity contribution in [2.24, 2.45) is 0 Å². The number of aromatic nitrogens is 1. The van der Waals surface area contributed by atoms with Gasteiger partial charge >= 0.3 is 0 Å². The molecule has 102 valence electrons. The molecule has 0 aliphatic heterocycles. The summed E-state index contributed by atoms with van der Waals surface area (Å²) < 4.78 is 0. The average molecular weight is 249 g/mol. The smallest absolute Gasteiger partial charge is 0.126 e. The normalized spacial score (nSPS) is 11.6. The molecule has 0 saturated carbocycles. The van der Waals surface area contributed by atoms with Crippen molar-refractivity contribution in [1.82, 2.24) is 10.3 Å². The third-order valence-corrected chi connectivity index (χ3v) is 2.56. The molecule has 0 unspecified atom stereocenters. The Morgan fingerprint density at radius 3 is 2.44 bits per heavy atom. The number of nitrogens with zero attached hydrogens (tertiary/aromatic N) is 1. The van der Waals surface area contributed by atoms with Crippen molar-refractivity contribution in [2.75, 3.05) is 11.9 Å². The van der Waals surface area contributed by atoms with Gasteiger partial charge in [0.1, 0.15) is 5.82 Å². The fourth-order valence-corrected chi connectivity index (χ4v) is 1.79. The molecule has 3 nitrogen and oxygen atoms in total. The molecule has 1 aromatic heterocycles. The Morgan fingerprint density at radius 2 is 1.89 bits per heavy atom. The minimum atomic E-state index is 0.0491. The van der Waals surface area contributed by atoms with Gasteiger partial charge in [0.05, 0.1) is 0 Å². The molecule has 1 heterocycles. The lowest BCUT2D eigenvalue weighted by molar-refractivity contribution is 0.628. The average Bonchev–Trinajstić information content (AvgIpc) is 2.26. The van der Waals surface area contributed by atoms with E-state index in [-0.39, 0.29) is 5.54 Å². The van der Waals surface area contributed by atoms with Crippen LogP contribution in [0.5, 0.6) is 0 Å². The van der Waals surface area contributed by atoms with E-state index in [9.17, 15) is 0 Å². The van der Waals surface area contributed by atoms with E-state index < -0.39 is 0 Å². The first-order valence-electron chi connectivity index (χ1n) is 6.93. The molecule has 0 radical (unpaired) electrons. The molecule has 0 spiro atoms. The zero-order valence-corrected chi connectivity index (χ0v) is 12.4. The number of pyridine rings is 1. The second kappa shape index (κ2) is 6.74. The predicted octanol–water partition coefficient (Wildman–Crippen LogP) is 3.35. The summed E-state index contributed by atoms with van der Waals surface area (Å²) in [7, 11) is 0. The molecule has 2 N–H and O–H groups in total. The summed E-state index contributed by atoms with van der Waals surface area (Å²) in [6, 6.07) is 4.34. The molecule has 0 atom stereocenters. The van der Waals surface area contributed by atoms with Gasteiger partial charge in [-0.3, -0.25) is 0 Å². The molecule has 0 amide bonds. The summed E-state index contributed by atoms with van der Waals surface area (Å²) in [6.07, 6.45) is 2.14. The van der Waals surface area contributed by atoms with E-state index in [0.717, 1.165) is 31.0 Å². The van der Waals surface area contributed by atoms with E-state index in [2.05, 4.69) is 62.4 Å². The number of rotatable bonds is 6. The van der Waals surface area contributed by atoms with E-state index in [1.54, 1.807) is 0 Å². The Balaban J connectivity index is 2.80. The van der Waals surface area contributed by atoms with Crippen LogP contribution in [0.15, 0.2) is 12.1 Å². The third-order valence-electron chi connectivity index (χ3n) is 2.56. The maximum atomic E-state index is 4.63. The minimum Gasteiger partial charge on any atom is -0.365 e. The van der Waals surface area contributed by atoms with Gasteiger partial charge in [-0.05, 0) is 57.9 Å². The van der Waals surface area contributed by atoms with Gasteiger partial charge in [0.15, 0.2) is 0 Å². The predicted molar refractivity (Wildman–Crippen MR) is 79.0 cm³/mol. The van der Waals surface area contributed by atoms with Crippen LogP contribution < -0.4 is 10.6 Å². The van der Waals surface area contributed by atoms with Crippen LogP contribution in [0.25, 0.3) is 0 Å². The van der Waals surface area contributed by atoms with Gasteiger partial charge in [-0.1, -0.05) is 13.8 Å². The molecule has 1 aromatic rings. The summed E-state index contributed by atoms with van der Waals surface area (Å²) in [5.41, 5.74) is 2.51. The molecular formula is C15H27N3. The lowest BCUT2D eigenvalue weighted by Gasteiger charge is -2.22. The van der Waals surface area contributed by atoms with Crippen LogP contribution >= 0.6 is 0 Å². The van der Waals surface area contributed by atoms with Gasteiger partial charge in [-0.2, -0.15) is 0 Å². The van der Waals surface area contributed by atoms with Crippen LogP contribution in [0.2, 0.25) is 0 Å². The Morgan fingerprint density at radius 1 is 1.17 bits per heavy atom. The highest BCUT2D eigenvalue weighted by molar-refractivity contribution is 5.41. The van der Waals surface area contributed by atoms with Crippen molar-refractivity contribution in [3.8, 4) is 0 Å². The maximum Gasteiger partial charge on any atom is 0.126 e. The highest BCUT2D eigenvalue weighted by Gasteiger charge is 2.11. The third kappa shape index (κ3) is 5.50. The fraction of sp³-hybridized carbons (Fsp3) is 0.667. The molecule has 0 aromatic carbocycles. The Kier molecular flexibility index (Phi) is 5.60. The standard InChI is InChI=1S/C15H27N3/c1-6-8-16-11-12-9-13(7-2)17-14(10-12)18-15(3,4)5/h9-10,16H,6-8,11H2,1-5H3,(H,17,18). The largest absolute Gasteiger partial charge is 0.365 e. The van der Waals surface area contributed by atoms with E-state index in [1.165, 1.54) is 12.0 Å². The minimum absolute atomic E-state index is 0.0491. The quantitative estimate of drug-likeness (QED) is 0.759. The highest BCUT2D eigenvalue weighted by Crippen LogP contribution is 2.16. The second-order valence-corrected chi connectivity index (χ2v) is 5.76. The van der Waals surface area contributed by atoms with Crippen molar-refractivity contribution in [3.63, 3.8) is 0 Å². The van der Waals surface area contributed by atoms with E-state index in [0.29, 0.717) is 0 Å². The molecule has 1 rings (SSSR count). The lowest BCUT2D eigenvalue weighted by Crippen LogP contribution is -2.27. The van der Waals surface area contributed by atoms with Crippen LogP contribution in [0.4, 0.5) is 5.82 Å². The molecule has 3 heteroatoms. The summed E-state index contributed by atoms with van der Waals surface area (Å²) in [4.78, 5) is 4.63. The summed E-state index contributed by atoms with van der Waals surface area (Å²) in [5, 5.41) is 6.88. The van der Waals surface area contributed by atoms with Crippen LogP contribution in [0.1, 0.15) is 52.3 Å². The zero-order valence-electron chi connectivity index (χ0n) is 12.4. The first-order chi connectivity index (χ1) is 8.44. The van der Waals surface area contributed by atoms with Crippen molar-refractivity contribution in [1.29, 1.82) is 0 Å². The van der Waals surface area contributed by atoms with Crippen molar-refractivity contribution < 1.29 is 0 Å². The summed E-state index contributed by atoms with van der Waals surface area (Å²) in [5.74, 6) is 0.982. The number of nitrogens with one attached hydrogen (secondary N) is 2. The molecule has 0 saturated heterocycles. The van der Waals surface area contributed by atoms with Crippen molar-refractivity contribution in [2.45, 2.75) is 59.5 Å². The number of hydrogen-bond donors (Lipinski definition) is 2. The maximum absolute atomic E-state index is 4.63. The summed E-state index contributed by atoms with van der Waals surface area (Å²) >= 11 is 0.